The van der Waals surface area contributed by atoms with Gasteiger partial charge in [-0.2, -0.15) is 0 Å². The highest BCUT2D eigenvalue weighted by Crippen LogP contribution is 2.28. The fourth-order valence-electron chi connectivity index (χ4n) is 3.40. The molecule has 9 heteroatoms. The highest BCUT2D eigenvalue weighted by molar-refractivity contribution is 7.92. The molecule has 1 aliphatic heterocycles. The minimum atomic E-state index is -3.80. The number of aromatic nitrogens is 1. The van der Waals surface area contributed by atoms with Crippen LogP contribution in [-0.2, 0) is 16.7 Å². The third-order valence-electron chi connectivity index (χ3n) is 4.84. The average molecular weight is 420 g/mol. The van der Waals surface area contributed by atoms with Crippen molar-refractivity contribution >= 4 is 39.0 Å². The van der Waals surface area contributed by atoms with E-state index in [1.165, 1.54) is 13.2 Å². The number of fused-ring (bicyclic) bond motifs is 1. The van der Waals surface area contributed by atoms with Gasteiger partial charge in [0.05, 0.1) is 29.9 Å². The van der Waals surface area contributed by atoms with Gasteiger partial charge in [-0.25, -0.2) is 8.42 Å². The lowest BCUT2D eigenvalue weighted by atomic mass is 10.3. The van der Waals surface area contributed by atoms with E-state index in [4.69, 9.17) is 21.4 Å². The molecule has 0 aliphatic carbocycles. The summed E-state index contributed by atoms with van der Waals surface area (Å²) in [4.78, 5) is 2.75. The van der Waals surface area contributed by atoms with Gasteiger partial charge in [-0.15, -0.1) is 0 Å². The molecule has 0 bridgehead atoms. The minimum Gasteiger partial charge on any atom is -0.495 e. The van der Waals surface area contributed by atoms with Crippen molar-refractivity contribution in [2.75, 3.05) is 24.9 Å². The van der Waals surface area contributed by atoms with E-state index in [9.17, 15) is 8.42 Å². The number of hydrogen-bond donors (Lipinski definition) is 1. The van der Waals surface area contributed by atoms with E-state index in [2.05, 4.69) is 9.62 Å². The summed E-state index contributed by atoms with van der Waals surface area (Å²) in [5.74, 6) is 0.451. The molecular formula is C19H21N3O4S2. The molecule has 1 fully saturated rings. The Morgan fingerprint density at radius 2 is 1.93 bits per heavy atom. The third-order valence-corrected chi connectivity index (χ3v) is 6.51. The van der Waals surface area contributed by atoms with Crippen molar-refractivity contribution in [2.45, 2.75) is 24.4 Å². The molecule has 28 heavy (non-hydrogen) atoms. The van der Waals surface area contributed by atoms with Crippen LogP contribution in [0.3, 0.4) is 0 Å². The van der Waals surface area contributed by atoms with Gasteiger partial charge in [-0.3, -0.25) is 14.2 Å². The zero-order valence-electron chi connectivity index (χ0n) is 15.4. The van der Waals surface area contributed by atoms with Crippen molar-refractivity contribution in [1.82, 2.24) is 9.47 Å². The lowest BCUT2D eigenvalue weighted by molar-refractivity contribution is 0.267. The van der Waals surface area contributed by atoms with Gasteiger partial charge in [0.1, 0.15) is 5.75 Å². The number of ether oxygens (including phenoxy) is 1. The van der Waals surface area contributed by atoms with E-state index < -0.39 is 10.0 Å². The van der Waals surface area contributed by atoms with Crippen LogP contribution in [-0.4, -0.2) is 38.1 Å². The van der Waals surface area contributed by atoms with Crippen LogP contribution in [0, 0.1) is 4.84 Å². The zero-order chi connectivity index (χ0) is 19.7. The number of nitrogens with zero attached hydrogens (tertiary/aromatic N) is 2. The molecule has 1 aliphatic rings. The van der Waals surface area contributed by atoms with Gasteiger partial charge >= 0.3 is 0 Å². The van der Waals surface area contributed by atoms with Crippen molar-refractivity contribution < 1.29 is 17.6 Å². The predicted molar refractivity (Wildman–Crippen MR) is 110 cm³/mol. The maximum Gasteiger partial charge on any atom is 0.270 e. The second-order valence-corrected chi connectivity index (χ2v) is 8.73. The second kappa shape index (κ2) is 7.57. The lowest BCUT2D eigenvalue weighted by Crippen LogP contribution is -2.22. The Morgan fingerprint density at radius 1 is 1.18 bits per heavy atom. The molecule has 3 aromatic rings. The Morgan fingerprint density at radius 3 is 2.68 bits per heavy atom. The molecule has 0 atom stereocenters. The molecule has 2 heterocycles. The summed E-state index contributed by atoms with van der Waals surface area (Å²) < 4.78 is 41.2. The fourth-order valence-corrected chi connectivity index (χ4v) is 4.74. The molecule has 0 amide bonds. The predicted octanol–water partition coefficient (Wildman–Crippen LogP) is 3.83. The van der Waals surface area contributed by atoms with Crippen LogP contribution in [0.15, 0.2) is 51.8 Å². The van der Waals surface area contributed by atoms with Crippen LogP contribution in [0.25, 0.3) is 11.1 Å². The van der Waals surface area contributed by atoms with Crippen molar-refractivity contribution in [3.05, 3.63) is 47.3 Å². The Balaban J connectivity index is 1.71. The summed E-state index contributed by atoms with van der Waals surface area (Å²) in [5, 5.41) is 0. The van der Waals surface area contributed by atoms with Gasteiger partial charge in [0.25, 0.3) is 14.9 Å². The first-order chi connectivity index (χ1) is 13.5. The van der Waals surface area contributed by atoms with Gasteiger partial charge < -0.3 is 9.15 Å². The molecule has 7 nitrogen and oxygen atoms in total. The number of likely N-dealkylation sites (tertiary alicyclic amines) is 1. The van der Waals surface area contributed by atoms with Crippen LogP contribution in [0.1, 0.15) is 12.8 Å². The van der Waals surface area contributed by atoms with E-state index in [0.29, 0.717) is 34.0 Å². The van der Waals surface area contributed by atoms with Crippen LogP contribution >= 0.6 is 12.2 Å². The van der Waals surface area contributed by atoms with Gasteiger partial charge in [0.2, 0.25) is 0 Å². The monoisotopic (exact) mass is 419 g/mol. The van der Waals surface area contributed by atoms with Gasteiger partial charge in [-0.1, -0.05) is 12.1 Å². The van der Waals surface area contributed by atoms with Gasteiger partial charge in [-0.05, 0) is 68.5 Å². The summed E-state index contributed by atoms with van der Waals surface area (Å²) in [7, 11) is -2.31. The largest absolute Gasteiger partial charge is 0.495 e. The molecule has 1 N–H and O–H groups in total. The number of nitrogens with one attached hydrogen (secondary N) is 1. The van der Waals surface area contributed by atoms with Crippen LogP contribution < -0.4 is 9.46 Å². The molecule has 0 unspecified atom stereocenters. The minimum absolute atomic E-state index is 0.136. The zero-order valence-corrected chi connectivity index (χ0v) is 17.1. The van der Waals surface area contributed by atoms with Crippen LogP contribution in [0.5, 0.6) is 5.75 Å². The number of benzene rings is 2. The number of oxazole rings is 1. The summed E-state index contributed by atoms with van der Waals surface area (Å²) in [6, 6.07) is 11.6. The lowest BCUT2D eigenvalue weighted by Gasteiger charge is -2.15. The summed E-state index contributed by atoms with van der Waals surface area (Å²) >= 11 is 5.35. The first-order valence-electron chi connectivity index (χ1n) is 8.99. The summed E-state index contributed by atoms with van der Waals surface area (Å²) in [6.45, 7) is 2.60. The second-order valence-electron chi connectivity index (χ2n) is 6.70. The molecule has 148 valence electrons. The van der Waals surface area contributed by atoms with Gasteiger partial charge in [0, 0.05) is 0 Å². The third kappa shape index (κ3) is 3.65. The van der Waals surface area contributed by atoms with E-state index in [-0.39, 0.29) is 4.90 Å². The van der Waals surface area contributed by atoms with Crippen molar-refractivity contribution in [2.24, 2.45) is 0 Å². The standard InChI is InChI=1S/C19H21N3O4S2/c1-25-17-7-3-2-6-15(17)20-28(23,24)14-8-9-18-16(12-14)22(19(27)26-18)13-21-10-4-5-11-21/h2-3,6-9,12,20H,4-5,10-11,13H2,1H3. The Bertz CT molecular complexity index is 1160. The number of para-hydroxylation sites is 2. The fraction of sp³-hybridized carbons (Fsp3) is 0.316. The molecule has 2 aromatic carbocycles. The van der Waals surface area contributed by atoms with Crippen LogP contribution in [0.2, 0.25) is 0 Å². The molecule has 0 radical (unpaired) electrons. The molecular weight excluding hydrogens is 398 g/mol. The maximum absolute atomic E-state index is 12.9. The molecule has 0 saturated carbocycles. The smallest absolute Gasteiger partial charge is 0.270 e. The number of anilines is 1. The number of methoxy groups -OCH3 is 1. The van der Waals surface area contributed by atoms with E-state index in [1.807, 2.05) is 4.57 Å². The Labute approximate surface area is 168 Å². The highest BCUT2D eigenvalue weighted by atomic mass is 32.2. The Hall–Kier alpha value is -2.36. The Kier molecular flexibility index (Phi) is 5.13. The van der Waals surface area contributed by atoms with E-state index in [1.54, 1.807) is 36.4 Å². The SMILES string of the molecule is COc1ccccc1NS(=O)(=O)c1ccc2oc(=S)n(CN3CCCC3)c2c1. The first kappa shape index (κ1) is 19.0. The molecule has 4 rings (SSSR count). The summed E-state index contributed by atoms with van der Waals surface area (Å²) in [5.41, 5.74) is 1.62. The highest BCUT2D eigenvalue weighted by Gasteiger charge is 2.20. The molecule has 1 saturated heterocycles. The van der Waals surface area contributed by atoms with Crippen molar-refractivity contribution in [3.63, 3.8) is 0 Å². The molecule has 0 spiro atoms. The normalized spacial score (nSPS) is 15.2. The first-order valence-corrected chi connectivity index (χ1v) is 10.9. The van der Waals surface area contributed by atoms with Gasteiger partial charge in [0.15, 0.2) is 5.58 Å². The van der Waals surface area contributed by atoms with Crippen molar-refractivity contribution in [1.29, 1.82) is 0 Å². The van der Waals surface area contributed by atoms with Crippen LogP contribution in [0.4, 0.5) is 5.69 Å². The van der Waals surface area contributed by atoms with E-state index in [0.717, 1.165) is 25.9 Å². The average Bonchev–Trinajstić information content (AvgIpc) is 3.30. The maximum atomic E-state index is 12.9. The number of hydrogen-bond acceptors (Lipinski definition) is 6. The van der Waals surface area contributed by atoms with E-state index >= 15 is 0 Å². The van der Waals surface area contributed by atoms with Crippen molar-refractivity contribution in [3.8, 4) is 5.75 Å². The number of sulfonamides is 1. The quantitative estimate of drug-likeness (QED) is 0.612. The topological polar surface area (TPSA) is 76.7 Å². The molecule has 1 aromatic heterocycles. The summed E-state index contributed by atoms with van der Waals surface area (Å²) in [6.07, 6.45) is 2.32. The number of rotatable bonds is 6.